The maximum atomic E-state index is 11.2. The molecule has 0 aliphatic carbocycles. The number of hydroxylamine groups is 3. The Kier molecular flexibility index (Phi) is 9.65. The fourth-order valence-electron chi connectivity index (χ4n) is 1.72. The molecule has 0 atom stereocenters. The third kappa shape index (κ3) is 13.7. The zero-order valence-electron chi connectivity index (χ0n) is 11.4. The quantitative estimate of drug-likeness (QED) is 0.304. The van der Waals surface area contributed by atoms with E-state index in [4.69, 9.17) is 0 Å². The molecule has 0 aliphatic rings. The van der Waals surface area contributed by atoms with Crippen LogP contribution in [0.2, 0.25) is 0 Å². The van der Waals surface area contributed by atoms with Gasteiger partial charge in [0.1, 0.15) is 0 Å². The highest BCUT2D eigenvalue weighted by Gasteiger charge is 1.93. The van der Waals surface area contributed by atoms with E-state index in [0.717, 1.165) is 6.42 Å². The predicted octanol–water partition coefficient (Wildman–Crippen LogP) is 4.61. The Morgan fingerprint density at radius 1 is 0.875 bits per heavy atom. The van der Waals surface area contributed by atoms with E-state index in [2.05, 4.69) is 6.92 Å². The second kappa shape index (κ2) is 9.86. The van der Waals surface area contributed by atoms with Crippen LogP contribution >= 0.6 is 0 Å². The molecule has 2 heteroatoms. The van der Waals surface area contributed by atoms with E-state index in [-0.39, 0.29) is 4.65 Å². The van der Waals surface area contributed by atoms with Crippen LogP contribution in [0.3, 0.4) is 0 Å². The van der Waals surface area contributed by atoms with Crippen LogP contribution in [0.15, 0.2) is 12.3 Å². The number of nitrogens with zero attached hydrogens (tertiary/aromatic N) is 1. The van der Waals surface area contributed by atoms with Gasteiger partial charge >= 0.3 is 0 Å². The minimum atomic E-state index is -0.309. The van der Waals surface area contributed by atoms with E-state index >= 15 is 0 Å². The lowest BCUT2D eigenvalue weighted by molar-refractivity contribution is -0.785. The van der Waals surface area contributed by atoms with Gasteiger partial charge in [0.2, 0.25) is 0 Å². The number of hydrogen-bond acceptors (Lipinski definition) is 1. The molecule has 0 aliphatic heterocycles. The Labute approximate surface area is 102 Å². The summed E-state index contributed by atoms with van der Waals surface area (Å²) in [6.07, 6.45) is 15.6. The predicted molar refractivity (Wildman–Crippen MR) is 71.8 cm³/mol. The van der Waals surface area contributed by atoms with Crippen molar-refractivity contribution in [2.75, 3.05) is 14.1 Å². The Morgan fingerprint density at radius 2 is 1.38 bits per heavy atom. The van der Waals surface area contributed by atoms with Gasteiger partial charge in [0.15, 0.2) is 0 Å². The molecule has 0 aromatic rings. The second-order valence-electron chi connectivity index (χ2n) is 5.08. The molecule has 0 rings (SSSR count). The Bertz CT molecular complexity index is 170. The van der Waals surface area contributed by atoms with Gasteiger partial charge in [-0.05, 0) is 18.9 Å². The number of hydrogen-bond donors (Lipinski definition) is 0. The van der Waals surface area contributed by atoms with Crippen molar-refractivity contribution in [3.63, 3.8) is 0 Å². The fraction of sp³-hybridized carbons (Fsp3) is 0.857. The summed E-state index contributed by atoms with van der Waals surface area (Å²) < 4.78 is -0.309. The van der Waals surface area contributed by atoms with Gasteiger partial charge in [0.05, 0.1) is 20.3 Å². The molecule has 0 aromatic heterocycles. The van der Waals surface area contributed by atoms with Gasteiger partial charge in [-0.15, -0.1) is 0 Å². The van der Waals surface area contributed by atoms with Crippen molar-refractivity contribution >= 4 is 0 Å². The van der Waals surface area contributed by atoms with E-state index in [1.807, 2.05) is 6.08 Å². The van der Waals surface area contributed by atoms with Crippen molar-refractivity contribution in [3.8, 4) is 0 Å². The molecule has 0 fully saturated rings. The van der Waals surface area contributed by atoms with E-state index in [1.165, 1.54) is 51.4 Å². The molecule has 0 saturated heterocycles. The molecule has 0 aromatic carbocycles. The lowest BCUT2D eigenvalue weighted by atomic mass is 10.1. The molecule has 96 valence electrons. The van der Waals surface area contributed by atoms with Crippen molar-refractivity contribution in [3.05, 3.63) is 17.5 Å². The van der Waals surface area contributed by atoms with Gasteiger partial charge in [0.25, 0.3) is 0 Å². The van der Waals surface area contributed by atoms with E-state index < -0.39 is 0 Å². The number of rotatable bonds is 10. The van der Waals surface area contributed by atoms with Crippen LogP contribution in [-0.4, -0.2) is 18.7 Å². The SMILES string of the molecule is CCCCCCCCCC/C=C/[N+](C)(C)[O-]. The van der Waals surface area contributed by atoms with Gasteiger partial charge in [-0.2, -0.15) is 0 Å². The standard InChI is InChI=1S/C14H29NO/c1-4-5-6-7-8-9-10-11-12-13-14-15(2,3)16/h13-14H,4-12H2,1-3H3/b14-13+. The second-order valence-corrected chi connectivity index (χ2v) is 5.08. The lowest BCUT2D eigenvalue weighted by Gasteiger charge is -2.28. The Hall–Kier alpha value is -0.340. The number of allylic oxidation sites excluding steroid dienone is 1. The summed E-state index contributed by atoms with van der Waals surface area (Å²) in [4.78, 5) is 0. The summed E-state index contributed by atoms with van der Waals surface area (Å²) in [7, 11) is 3.29. The smallest absolute Gasteiger partial charge is 0.0913 e. The van der Waals surface area contributed by atoms with Gasteiger partial charge in [-0.25, -0.2) is 0 Å². The summed E-state index contributed by atoms with van der Waals surface area (Å²) in [5.74, 6) is 0. The van der Waals surface area contributed by atoms with Crippen LogP contribution < -0.4 is 0 Å². The molecule has 16 heavy (non-hydrogen) atoms. The molecule has 0 spiro atoms. The maximum absolute atomic E-state index is 11.2. The van der Waals surface area contributed by atoms with Crippen molar-refractivity contribution in [2.24, 2.45) is 0 Å². The van der Waals surface area contributed by atoms with Gasteiger partial charge in [-0.3, -0.25) is 0 Å². The maximum Gasteiger partial charge on any atom is 0.0913 e. The highest BCUT2D eigenvalue weighted by molar-refractivity contribution is 4.73. The highest BCUT2D eigenvalue weighted by atomic mass is 16.5. The molecule has 0 unspecified atom stereocenters. The van der Waals surface area contributed by atoms with Gasteiger partial charge < -0.3 is 9.85 Å². The summed E-state index contributed by atoms with van der Waals surface area (Å²) in [5, 5.41) is 11.2. The van der Waals surface area contributed by atoms with Crippen LogP contribution in [0.4, 0.5) is 0 Å². The van der Waals surface area contributed by atoms with Crippen LogP contribution in [-0.2, 0) is 0 Å². The fourth-order valence-corrected chi connectivity index (χ4v) is 1.72. The molecule has 2 nitrogen and oxygen atoms in total. The molecule has 0 amide bonds. The first kappa shape index (κ1) is 15.7. The summed E-state index contributed by atoms with van der Waals surface area (Å²) in [6.45, 7) is 2.25. The number of quaternary nitrogens is 1. The van der Waals surface area contributed by atoms with Crippen LogP contribution in [0, 0.1) is 5.21 Å². The van der Waals surface area contributed by atoms with Crippen LogP contribution in [0.1, 0.15) is 64.7 Å². The van der Waals surface area contributed by atoms with Crippen LogP contribution in [0.25, 0.3) is 0 Å². The zero-order chi connectivity index (χ0) is 12.3. The first-order valence-corrected chi connectivity index (χ1v) is 6.78. The summed E-state index contributed by atoms with van der Waals surface area (Å²) >= 11 is 0. The first-order chi connectivity index (χ1) is 7.56. The Morgan fingerprint density at radius 3 is 1.88 bits per heavy atom. The monoisotopic (exact) mass is 227 g/mol. The van der Waals surface area contributed by atoms with E-state index in [0.29, 0.717) is 0 Å². The van der Waals surface area contributed by atoms with Gasteiger partial charge in [0, 0.05) is 0 Å². The highest BCUT2D eigenvalue weighted by Crippen LogP contribution is 2.10. The van der Waals surface area contributed by atoms with Gasteiger partial charge in [-0.1, -0.05) is 51.9 Å². The molecular formula is C14H29NO. The van der Waals surface area contributed by atoms with E-state index in [9.17, 15) is 5.21 Å². The molecule has 0 bridgehead atoms. The summed E-state index contributed by atoms with van der Waals surface area (Å²) in [6, 6.07) is 0. The zero-order valence-corrected chi connectivity index (χ0v) is 11.4. The van der Waals surface area contributed by atoms with Crippen molar-refractivity contribution in [2.45, 2.75) is 64.7 Å². The summed E-state index contributed by atoms with van der Waals surface area (Å²) in [5.41, 5.74) is 0. The lowest BCUT2D eigenvalue weighted by Crippen LogP contribution is -2.23. The van der Waals surface area contributed by atoms with Crippen molar-refractivity contribution in [1.82, 2.24) is 0 Å². The largest absolute Gasteiger partial charge is 0.628 e. The third-order valence-corrected chi connectivity index (χ3v) is 2.69. The van der Waals surface area contributed by atoms with Crippen molar-refractivity contribution < 1.29 is 4.65 Å². The average Bonchev–Trinajstić information content (AvgIpc) is 2.19. The number of unbranched alkanes of at least 4 members (excludes halogenated alkanes) is 8. The molecule has 0 heterocycles. The minimum Gasteiger partial charge on any atom is -0.628 e. The average molecular weight is 227 g/mol. The third-order valence-electron chi connectivity index (χ3n) is 2.69. The van der Waals surface area contributed by atoms with E-state index in [1.54, 1.807) is 20.3 Å². The topological polar surface area (TPSA) is 23.1 Å². The minimum absolute atomic E-state index is 0.309. The first-order valence-electron chi connectivity index (χ1n) is 6.78. The van der Waals surface area contributed by atoms with Crippen molar-refractivity contribution in [1.29, 1.82) is 0 Å². The molecule has 0 radical (unpaired) electrons. The van der Waals surface area contributed by atoms with Crippen LogP contribution in [0.5, 0.6) is 0 Å². The normalized spacial score (nSPS) is 12.5. The molecular weight excluding hydrogens is 198 g/mol. The molecule has 0 saturated carbocycles. The molecule has 0 N–H and O–H groups in total. The Balaban J connectivity index is 3.13.